The molecule has 10 rings (SSSR count). The molecule has 278 valence electrons. The van der Waals surface area contributed by atoms with Crippen molar-refractivity contribution in [1.29, 1.82) is 0 Å². The fourth-order valence-corrected chi connectivity index (χ4v) is 8.32. The molecule has 0 radical (unpaired) electrons. The molecule has 0 aliphatic carbocycles. The average Bonchev–Trinajstić information content (AvgIpc) is 3.33. The van der Waals surface area contributed by atoms with Gasteiger partial charge in [-0.3, -0.25) is 0 Å². The Balaban J connectivity index is 1.06. The molecule has 0 atom stereocenters. The van der Waals surface area contributed by atoms with Crippen LogP contribution in [0.1, 0.15) is 0 Å². The number of nitrogens with zero attached hydrogens (tertiary/aromatic N) is 1. The van der Waals surface area contributed by atoms with E-state index in [1.54, 1.807) is 0 Å². The molecule has 0 bridgehead atoms. The van der Waals surface area contributed by atoms with Gasteiger partial charge in [-0.15, -0.1) is 0 Å². The summed E-state index contributed by atoms with van der Waals surface area (Å²) in [4.78, 5) is 2.39. The van der Waals surface area contributed by atoms with Crippen molar-refractivity contribution >= 4 is 27.8 Å². The first-order chi connectivity index (χ1) is 29.3. The van der Waals surface area contributed by atoms with Gasteiger partial charge in [0.05, 0.1) is 5.69 Å². The van der Waals surface area contributed by atoms with Crippen LogP contribution >= 0.6 is 0 Å². The summed E-state index contributed by atoms with van der Waals surface area (Å²) < 4.78 is 0. The van der Waals surface area contributed by atoms with Crippen LogP contribution in [0.25, 0.3) is 77.5 Å². The molecule has 0 aliphatic heterocycles. The highest BCUT2D eigenvalue weighted by molar-refractivity contribution is 6.04. The lowest BCUT2D eigenvalue weighted by Gasteiger charge is -2.28. The highest BCUT2D eigenvalue weighted by Crippen LogP contribution is 2.44. The number of para-hydroxylation sites is 1. The second-order valence-electron chi connectivity index (χ2n) is 14.9. The Labute approximate surface area is 346 Å². The molecule has 0 spiro atoms. The van der Waals surface area contributed by atoms with Crippen molar-refractivity contribution < 1.29 is 0 Å². The van der Waals surface area contributed by atoms with Gasteiger partial charge < -0.3 is 4.90 Å². The normalized spacial score (nSPS) is 11.1. The fraction of sp³-hybridized carbons (Fsp3) is 0. The topological polar surface area (TPSA) is 3.24 Å². The van der Waals surface area contributed by atoms with Gasteiger partial charge in [-0.05, 0) is 102 Å². The van der Waals surface area contributed by atoms with Gasteiger partial charge in [0.1, 0.15) is 0 Å². The number of fused-ring (bicyclic) bond motifs is 1. The van der Waals surface area contributed by atoms with Crippen molar-refractivity contribution in [2.24, 2.45) is 0 Å². The SMILES string of the molecule is c1ccc(-c2ccc(-c3ccc(N(c4ccc(-c5ccc6ccccc6c5-c5ccccc5)cc4)c4ccccc4-c4ccc(-c5ccccc5)cc4)cc3)cc2)cc1. The zero-order valence-electron chi connectivity index (χ0n) is 32.6. The summed E-state index contributed by atoms with van der Waals surface area (Å²) >= 11 is 0. The summed E-state index contributed by atoms with van der Waals surface area (Å²) in [5.41, 5.74) is 17.7. The molecule has 0 aromatic heterocycles. The molecule has 59 heavy (non-hydrogen) atoms. The first-order valence-electron chi connectivity index (χ1n) is 20.3. The maximum atomic E-state index is 2.39. The van der Waals surface area contributed by atoms with E-state index in [0.29, 0.717) is 0 Å². The molecule has 0 saturated carbocycles. The molecule has 10 aromatic rings. The van der Waals surface area contributed by atoms with Gasteiger partial charge >= 0.3 is 0 Å². The molecular weight excluding hydrogens is 711 g/mol. The Morgan fingerprint density at radius 1 is 0.220 bits per heavy atom. The summed E-state index contributed by atoms with van der Waals surface area (Å²) in [6.07, 6.45) is 0. The minimum atomic E-state index is 1.09. The molecule has 0 aliphatic rings. The van der Waals surface area contributed by atoms with Crippen molar-refractivity contribution in [2.75, 3.05) is 4.90 Å². The molecular formula is C58H41N. The first kappa shape index (κ1) is 35.7. The highest BCUT2D eigenvalue weighted by Gasteiger charge is 2.19. The van der Waals surface area contributed by atoms with E-state index < -0.39 is 0 Å². The Morgan fingerprint density at radius 2 is 0.593 bits per heavy atom. The Morgan fingerprint density at radius 3 is 1.14 bits per heavy atom. The number of rotatable bonds is 9. The predicted molar refractivity (Wildman–Crippen MR) is 251 cm³/mol. The van der Waals surface area contributed by atoms with Crippen LogP contribution in [0.3, 0.4) is 0 Å². The number of hydrogen-bond donors (Lipinski definition) is 0. The van der Waals surface area contributed by atoms with Crippen molar-refractivity contribution in [2.45, 2.75) is 0 Å². The monoisotopic (exact) mass is 751 g/mol. The first-order valence-corrected chi connectivity index (χ1v) is 20.3. The van der Waals surface area contributed by atoms with Crippen molar-refractivity contribution in [3.8, 4) is 66.8 Å². The van der Waals surface area contributed by atoms with E-state index in [1.165, 1.54) is 72.0 Å². The third kappa shape index (κ3) is 7.23. The number of benzene rings is 10. The van der Waals surface area contributed by atoms with E-state index >= 15 is 0 Å². The van der Waals surface area contributed by atoms with Gasteiger partial charge in [-0.1, -0.05) is 218 Å². The standard InChI is InChI=1S/C58H41N/c1-4-14-42(15-5-1)44-24-26-46(27-25-44)47-32-37-52(38-33-47)59(57-23-13-12-21-54(57)49-30-28-45(29-31-49)43-16-6-2-7-17-43)53-39-34-50(35-40-53)56-41-36-48-18-10-11-22-55(48)58(56)51-19-8-3-9-20-51/h1-41H. The van der Waals surface area contributed by atoms with E-state index in [1.807, 2.05) is 0 Å². The maximum absolute atomic E-state index is 2.39. The van der Waals surface area contributed by atoms with Crippen molar-refractivity contribution in [1.82, 2.24) is 0 Å². The molecule has 1 heteroatoms. The molecule has 0 heterocycles. The minimum Gasteiger partial charge on any atom is -0.310 e. The predicted octanol–water partition coefficient (Wildman–Crippen LogP) is 16.3. The number of hydrogen-bond acceptors (Lipinski definition) is 1. The Kier molecular flexibility index (Phi) is 9.68. The van der Waals surface area contributed by atoms with Gasteiger partial charge in [-0.25, -0.2) is 0 Å². The van der Waals surface area contributed by atoms with Crippen LogP contribution in [0.15, 0.2) is 249 Å². The molecule has 0 unspecified atom stereocenters. The molecule has 0 fully saturated rings. The van der Waals surface area contributed by atoms with Crippen LogP contribution in [0.5, 0.6) is 0 Å². The van der Waals surface area contributed by atoms with Gasteiger partial charge in [-0.2, -0.15) is 0 Å². The average molecular weight is 752 g/mol. The van der Waals surface area contributed by atoms with Gasteiger partial charge in [0.25, 0.3) is 0 Å². The smallest absolute Gasteiger partial charge is 0.0540 e. The van der Waals surface area contributed by atoms with Crippen molar-refractivity contribution in [3.05, 3.63) is 249 Å². The Hall–Kier alpha value is -7.74. The summed E-state index contributed by atoms with van der Waals surface area (Å²) in [5.74, 6) is 0. The van der Waals surface area contributed by atoms with E-state index in [0.717, 1.165) is 22.6 Å². The third-order valence-electron chi connectivity index (χ3n) is 11.3. The quantitative estimate of drug-likeness (QED) is 0.142. The van der Waals surface area contributed by atoms with Gasteiger partial charge in [0.15, 0.2) is 0 Å². The van der Waals surface area contributed by atoms with Crippen molar-refractivity contribution in [3.63, 3.8) is 0 Å². The summed E-state index contributed by atoms with van der Waals surface area (Å²) in [7, 11) is 0. The lowest BCUT2D eigenvalue weighted by Crippen LogP contribution is -2.11. The lowest BCUT2D eigenvalue weighted by atomic mass is 9.89. The van der Waals surface area contributed by atoms with E-state index in [2.05, 4.69) is 254 Å². The fourth-order valence-electron chi connectivity index (χ4n) is 8.32. The van der Waals surface area contributed by atoms with E-state index in [4.69, 9.17) is 0 Å². The molecule has 0 N–H and O–H groups in total. The van der Waals surface area contributed by atoms with Crippen LogP contribution in [0.4, 0.5) is 17.1 Å². The number of anilines is 3. The molecule has 10 aromatic carbocycles. The van der Waals surface area contributed by atoms with Crippen LogP contribution in [-0.4, -0.2) is 0 Å². The van der Waals surface area contributed by atoms with Crippen LogP contribution in [-0.2, 0) is 0 Å². The minimum absolute atomic E-state index is 1.09. The third-order valence-corrected chi connectivity index (χ3v) is 11.3. The van der Waals surface area contributed by atoms with Gasteiger partial charge in [0, 0.05) is 16.9 Å². The van der Waals surface area contributed by atoms with E-state index in [9.17, 15) is 0 Å². The van der Waals surface area contributed by atoms with E-state index in [-0.39, 0.29) is 0 Å². The summed E-state index contributed by atoms with van der Waals surface area (Å²) in [6.45, 7) is 0. The summed E-state index contributed by atoms with van der Waals surface area (Å²) in [6, 6.07) is 89.7. The zero-order valence-corrected chi connectivity index (χ0v) is 32.6. The second-order valence-corrected chi connectivity index (χ2v) is 14.9. The molecule has 0 saturated heterocycles. The van der Waals surface area contributed by atoms with Crippen LogP contribution in [0, 0.1) is 0 Å². The summed E-state index contributed by atoms with van der Waals surface area (Å²) in [5, 5.41) is 2.49. The van der Waals surface area contributed by atoms with Crippen LogP contribution in [0.2, 0.25) is 0 Å². The highest BCUT2D eigenvalue weighted by atomic mass is 15.1. The molecule has 1 nitrogen and oxygen atoms in total. The largest absolute Gasteiger partial charge is 0.310 e. The maximum Gasteiger partial charge on any atom is 0.0540 e. The van der Waals surface area contributed by atoms with Gasteiger partial charge in [0.2, 0.25) is 0 Å². The lowest BCUT2D eigenvalue weighted by molar-refractivity contribution is 1.28. The zero-order chi connectivity index (χ0) is 39.4. The molecule has 0 amide bonds. The Bertz CT molecular complexity index is 2970. The second kappa shape index (κ2) is 16.0. The van der Waals surface area contributed by atoms with Crippen LogP contribution < -0.4 is 4.90 Å².